The fourth-order valence-corrected chi connectivity index (χ4v) is 1.04. The van der Waals surface area contributed by atoms with Crippen LogP contribution in [0.5, 0.6) is 5.75 Å². The smallest absolute Gasteiger partial charge is 0.337 e. The molecule has 1 N–H and O–H groups in total. The van der Waals surface area contributed by atoms with Crippen molar-refractivity contribution in [2.75, 3.05) is 7.11 Å². The van der Waals surface area contributed by atoms with E-state index in [1.54, 1.807) is 6.07 Å². The number of methoxy groups -OCH3 is 1. The minimum atomic E-state index is -1.11. The van der Waals surface area contributed by atoms with Gasteiger partial charge in [-0.3, -0.25) is 4.79 Å². The molecular weight excluding hydrogens is 196 g/mol. The number of carboxylic acids is 1. The molecule has 0 aliphatic heterocycles. The number of aromatic carboxylic acids is 1. The summed E-state index contributed by atoms with van der Waals surface area (Å²) in [5.41, 5.74) is 0.305. The largest absolute Gasteiger partial charge is 0.497 e. The number of hydrogen-bond acceptors (Lipinski definition) is 3. The first-order chi connectivity index (χ1) is 7.19. The summed E-state index contributed by atoms with van der Waals surface area (Å²) >= 11 is 0. The first-order valence-corrected chi connectivity index (χ1v) is 4.05. The maximum absolute atomic E-state index is 10.8. The third kappa shape index (κ3) is 2.58. The van der Waals surface area contributed by atoms with Crippen LogP contribution in [-0.4, -0.2) is 24.5 Å². The average molecular weight is 204 g/mol. The van der Waals surface area contributed by atoms with Gasteiger partial charge in [-0.25, -0.2) is 4.79 Å². The number of carboxylic acid groups (broad SMARTS) is 1. The third-order valence-electron chi connectivity index (χ3n) is 1.72. The molecule has 0 aliphatic carbocycles. The van der Waals surface area contributed by atoms with E-state index in [-0.39, 0.29) is 11.1 Å². The standard InChI is InChI=1S/C11H8O4/c1-15-9-5-4-8(3-2-6-12)10(7-9)11(13)14/h4-7H,1H3,(H,13,14). The molecule has 0 heterocycles. The fourth-order valence-electron chi connectivity index (χ4n) is 1.04. The number of carbonyl (C=O) groups is 2. The van der Waals surface area contributed by atoms with Crippen molar-refractivity contribution in [2.45, 2.75) is 0 Å². The molecule has 0 radical (unpaired) electrons. The molecule has 0 fully saturated rings. The highest BCUT2D eigenvalue weighted by molar-refractivity contribution is 5.91. The Labute approximate surface area is 86.5 Å². The monoisotopic (exact) mass is 204 g/mol. The lowest BCUT2D eigenvalue weighted by atomic mass is 10.1. The third-order valence-corrected chi connectivity index (χ3v) is 1.72. The molecule has 15 heavy (non-hydrogen) atoms. The Kier molecular flexibility index (Phi) is 3.47. The highest BCUT2D eigenvalue weighted by atomic mass is 16.5. The molecule has 1 aromatic rings. The maximum Gasteiger partial charge on any atom is 0.337 e. The summed E-state index contributed by atoms with van der Waals surface area (Å²) in [6.07, 6.45) is 0.413. The molecule has 0 saturated heterocycles. The predicted octanol–water partition coefficient (Wildman–Crippen LogP) is 0.944. The van der Waals surface area contributed by atoms with E-state index in [1.165, 1.54) is 19.2 Å². The predicted molar refractivity (Wildman–Crippen MR) is 52.9 cm³/mol. The molecule has 0 amide bonds. The molecular formula is C11H8O4. The molecule has 0 saturated carbocycles. The van der Waals surface area contributed by atoms with Crippen LogP contribution in [0.1, 0.15) is 15.9 Å². The summed E-state index contributed by atoms with van der Waals surface area (Å²) in [5.74, 6) is 3.93. The van der Waals surface area contributed by atoms with E-state index < -0.39 is 5.97 Å². The summed E-state index contributed by atoms with van der Waals surface area (Å²) in [5, 5.41) is 8.87. The summed E-state index contributed by atoms with van der Waals surface area (Å²) in [6, 6.07) is 4.44. The average Bonchev–Trinajstić information content (AvgIpc) is 2.26. The van der Waals surface area contributed by atoms with Gasteiger partial charge in [-0.2, -0.15) is 0 Å². The lowest BCUT2D eigenvalue weighted by Gasteiger charge is -2.02. The molecule has 0 spiro atoms. The normalized spacial score (nSPS) is 8.60. The van der Waals surface area contributed by atoms with Gasteiger partial charge >= 0.3 is 5.97 Å². The van der Waals surface area contributed by atoms with Crippen molar-refractivity contribution in [1.82, 2.24) is 0 Å². The van der Waals surface area contributed by atoms with Crippen molar-refractivity contribution in [1.29, 1.82) is 0 Å². The summed E-state index contributed by atoms with van der Waals surface area (Å²) < 4.78 is 4.88. The lowest BCUT2D eigenvalue weighted by molar-refractivity contribution is -0.103. The van der Waals surface area contributed by atoms with Crippen molar-refractivity contribution in [2.24, 2.45) is 0 Å². The van der Waals surface area contributed by atoms with Gasteiger partial charge in [0.05, 0.1) is 12.7 Å². The van der Waals surface area contributed by atoms with Crippen LogP contribution in [0.25, 0.3) is 0 Å². The molecule has 0 bridgehead atoms. The van der Waals surface area contributed by atoms with E-state index in [9.17, 15) is 9.59 Å². The summed E-state index contributed by atoms with van der Waals surface area (Å²) in [4.78, 5) is 20.9. The van der Waals surface area contributed by atoms with Crippen molar-refractivity contribution in [3.63, 3.8) is 0 Å². The fraction of sp³-hybridized carbons (Fsp3) is 0.0909. The molecule has 0 atom stereocenters. The van der Waals surface area contributed by atoms with E-state index in [0.717, 1.165) is 0 Å². The highest BCUT2D eigenvalue weighted by Crippen LogP contribution is 2.16. The molecule has 0 aromatic heterocycles. The second kappa shape index (κ2) is 4.82. The van der Waals surface area contributed by atoms with E-state index >= 15 is 0 Å². The van der Waals surface area contributed by atoms with E-state index in [4.69, 9.17) is 9.84 Å². The van der Waals surface area contributed by atoms with Crippen LogP contribution < -0.4 is 4.74 Å². The number of aldehydes is 1. The van der Waals surface area contributed by atoms with E-state index in [0.29, 0.717) is 12.0 Å². The topological polar surface area (TPSA) is 63.6 Å². The van der Waals surface area contributed by atoms with Gasteiger partial charge < -0.3 is 9.84 Å². The lowest BCUT2D eigenvalue weighted by Crippen LogP contribution is -2.00. The highest BCUT2D eigenvalue weighted by Gasteiger charge is 2.09. The van der Waals surface area contributed by atoms with Crippen molar-refractivity contribution < 1.29 is 19.4 Å². The van der Waals surface area contributed by atoms with Crippen LogP contribution in [0.4, 0.5) is 0 Å². The summed E-state index contributed by atoms with van der Waals surface area (Å²) in [7, 11) is 1.44. The first kappa shape index (κ1) is 10.8. The van der Waals surface area contributed by atoms with Gasteiger partial charge in [-0.1, -0.05) is 5.92 Å². The molecule has 1 rings (SSSR count). The Morgan fingerprint density at radius 3 is 2.80 bits per heavy atom. The Bertz CT molecular complexity index is 451. The quantitative estimate of drug-likeness (QED) is 0.575. The van der Waals surface area contributed by atoms with Gasteiger partial charge in [0, 0.05) is 5.56 Å². The SMILES string of the molecule is COc1ccc(C#CC=O)c(C(=O)O)c1. The van der Waals surface area contributed by atoms with E-state index in [1.807, 2.05) is 0 Å². The second-order valence-electron chi connectivity index (χ2n) is 2.60. The van der Waals surface area contributed by atoms with Crippen LogP contribution >= 0.6 is 0 Å². The minimum Gasteiger partial charge on any atom is -0.497 e. The maximum atomic E-state index is 10.8. The zero-order valence-electron chi connectivity index (χ0n) is 7.98. The van der Waals surface area contributed by atoms with Gasteiger partial charge in [0.1, 0.15) is 5.75 Å². The second-order valence-corrected chi connectivity index (χ2v) is 2.60. The van der Waals surface area contributed by atoms with Gasteiger partial charge in [-0.15, -0.1) is 0 Å². The molecule has 4 heteroatoms. The number of carbonyl (C=O) groups excluding carboxylic acids is 1. The zero-order chi connectivity index (χ0) is 11.3. The molecule has 0 aliphatic rings. The first-order valence-electron chi connectivity index (χ1n) is 4.05. The van der Waals surface area contributed by atoms with Crippen LogP contribution in [0.15, 0.2) is 18.2 Å². The Balaban J connectivity index is 3.26. The van der Waals surface area contributed by atoms with Gasteiger partial charge in [0.2, 0.25) is 0 Å². The van der Waals surface area contributed by atoms with Gasteiger partial charge in [-0.05, 0) is 24.1 Å². The summed E-state index contributed by atoms with van der Waals surface area (Å²) in [6.45, 7) is 0. The molecule has 0 unspecified atom stereocenters. The van der Waals surface area contributed by atoms with Gasteiger partial charge in [0.25, 0.3) is 0 Å². The van der Waals surface area contributed by atoms with Crippen molar-refractivity contribution in [3.8, 4) is 17.6 Å². The Morgan fingerprint density at radius 2 is 2.27 bits per heavy atom. The number of hydrogen-bond donors (Lipinski definition) is 1. The van der Waals surface area contributed by atoms with Crippen LogP contribution in [0.2, 0.25) is 0 Å². The van der Waals surface area contributed by atoms with Crippen LogP contribution in [0.3, 0.4) is 0 Å². The van der Waals surface area contributed by atoms with Crippen molar-refractivity contribution >= 4 is 12.3 Å². The van der Waals surface area contributed by atoms with Crippen LogP contribution in [0, 0.1) is 11.8 Å². The zero-order valence-corrected chi connectivity index (χ0v) is 7.98. The van der Waals surface area contributed by atoms with E-state index in [2.05, 4.69) is 11.8 Å². The molecule has 4 nitrogen and oxygen atoms in total. The van der Waals surface area contributed by atoms with Crippen LogP contribution in [-0.2, 0) is 4.79 Å². The number of ether oxygens (including phenoxy) is 1. The minimum absolute atomic E-state index is 0.0173. The number of rotatable bonds is 2. The molecule has 1 aromatic carbocycles. The Morgan fingerprint density at radius 1 is 1.53 bits per heavy atom. The molecule has 76 valence electrons. The van der Waals surface area contributed by atoms with Gasteiger partial charge in [0.15, 0.2) is 6.29 Å². The number of benzene rings is 1. The Hall–Kier alpha value is -2.28. The van der Waals surface area contributed by atoms with Crippen molar-refractivity contribution in [3.05, 3.63) is 29.3 Å².